The minimum atomic E-state index is -1.17. The van der Waals surface area contributed by atoms with Crippen LogP contribution in [0.3, 0.4) is 0 Å². The van der Waals surface area contributed by atoms with Gasteiger partial charge in [0.2, 0.25) is 0 Å². The second-order valence-corrected chi connectivity index (χ2v) is 23.5. The lowest BCUT2D eigenvalue weighted by Gasteiger charge is -2.65. The summed E-state index contributed by atoms with van der Waals surface area (Å²) >= 11 is 0. The number of Topliss-reactive ketones (excluding diaryl/α,β-unsaturated/α-hetero) is 1. The van der Waals surface area contributed by atoms with Crippen molar-refractivity contribution in [1.29, 1.82) is 5.26 Å². The predicted molar refractivity (Wildman–Crippen MR) is 259 cm³/mol. The Labute approximate surface area is 388 Å². The average Bonchev–Trinajstić information content (AvgIpc) is 3.58. The van der Waals surface area contributed by atoms with Crippen molar-refractivity contribution in [3.8, 4) is 6.07 Å². The molecule has 64 heavy (non-hydrogen) atoms. The number of allylic oxidation sites excluding steroid dienone is 5. The van der Waals surface area contributed by atoms with Crippen LogP contribution in [0.1, 0.15) is 171 Å². The molecule has 0 heterocycles. The van der Waals surface area contributed by atoms with Crippen LogP contribution in [0.5, 0.6) is 0 Å². The second-order valence-electron chi connectivity index (χ2n) is 23.5. The van der Waals surface area contributed by atoms with Gasteiger partial charge in [-0.2, -0.15) is 5.26 Å². The quantitative estimate of drug-likeness (QED) is 0.113. The number of carboxylic acids is 1. The lowest BCUT2D eigenvalue weighted by atomic mass is 9.39. The minimum Gasteiger partial charge on any atom is -0.481 e. The molecule has 352 valence electrons. The largest absolute Gasteiger partial charge is 0.481 e. The molecule has 1 N–H and O–H groups in total. The topological polar surface area (TPSA) is 108 Å². The summed E-state index contributed by atoms with van der Waals surface area (Å²) in [4.78, 5) is 42.6. The molecule has 0 amide bonds. The third-order valence-electron chi connectivity index (χ3n) is 18.1. The number of esters is 1. The maximum Gasteiger partial charge on any atom is 0.309 e. The Hall–Kier alpha value is -3.72. The molecule has 9 atom stereocenters. The highest BCUT2D eigenvalue weighted by Gasteiger charge is 2.64. The van der Waals surface area contributed by atoms with Crippen LogP contribution in [0.4, 0.5) is 0 Å². The number of carbonyl (C=O) groups excluding carboxylic acids is 2. The molecule has 5 rings (SSSR count). The Bertz CT molecular complexity index is 2070. The molecule has 4 aliphatic carbocycles. The van der Waals surface area contributed by atoms with Gasteiger partial charge in [0, 0.05) is 16.7 Å². The molecule has 4 aliphatic rings. The molecule has 0 radical (unpaired) electrons. The highest BCUT2D eigenvalue weighted by molar-refractivity contribution is 5.98. The number of carboxylic acid groups (broad SMARTS) is 1. The van der Waals surface area contributed by atoms with Crippen LogP contribution in [0.25, 0.3) is 0 Å². The van der Waals surface area contributed by atoms with Crippen LogP contribution in [-0.4, -0.2) is 54.5 Å². The van der Waals surface area contributed by atoms with Crippen LogP contribution in [0.15, 0.2) is 64.4 Å². The van der Waals surface area contributed by atoms with E-state index in [1.54, 1.807) is 19.4 Å². The molecule has 7 nitrogen and oxygen atoms in total. The molecule has 0 saturated heterocycles. The molecule has 1 aromatic carbocycles. The summed E-state index contributed by atoms with van der Waals surface area (Å²) in [5, 5.41) is 19.2. The van der Waals surface area contributed by atoms with Gasteiger partial charge in [-0.15, -0.1) is 5.73 Å². The molecule has 3 fully saturated rings. The fourth-order valence-corrected chi connectivity index (χ4v) is 13.5. The average molecular weight is 877 g/mol. The highest BCUT2D eigenvalue weighted by Crippen LogP contribution is 2.73. The zero-order chi connectivity index (χ0) is 47.7. The van der Waals surface area contributed by atoms with E-state index in [2.05, 4.69) is 107 Å². The number of nitriles is 1. The summed E-state index contributed by atoms with van der Waals surface area (Å²) in [6.45, 7) is 31.9. The van der Waals surface area contributed by atoms with Crippen LogP contribution in [0.2, 0.25) is 0 Å². The molecule has 1 aromatic rings. The first-order chi connectivity index (χ1) is 29.8. The number of nitrogens with zero attached hydrogens (tertiary/aromatic N) is 2. The number of benzene rings is 1. The van der Waals surface area contributed by atoms with Gasteiger partial charge in [0.25, 0.3) is 0 Å². The molecule has 0 spiro atoms. The fourth-order valence-electron chi connectivity index (χ4n) is 13.5. The van der Waals surface area contributed by atoms with Crippen molar-refractivity contribution in [2.24, 2.45) is 62.6 Å². The molecular formula is C57H84N2O5. The van der Waals surface area contributed by atoms with Crippen molar-refractivity contribution >= 4 is 17.7 Å². The summed E-state index contributed by atoms with van der Waals surface area (Å²) in [6.07, 6.45) is 11.1. The summed E-state index contributed by atoms with van der Waals surface area (Å²) < 4.78 is 6.24. The van der Waals surface area contributed by atoms with Crippen LogP contribution >= 0.6 is 0 Å². The lowest BCUT2D eigenvalue weighted by Crippen LogP contribution is -2.57. The van der Waals surface area contributed by atoms with Crippen molar-refractivity contribution in [1.82, 2.24) is 4.90 Å². The maximum atomic E-state index is 15.2. The Morgan fingerprint density at radius 1 is 0.953 bits per heavy atom. The Balaban J connectivity index is 1.53. The van der Waals surface area contributed by atoms with E-state index in [4.69, 9.17) is 4.74 Å². The number of fused-ring (bicyclic) bond motifs is 5. The number of hydrogen-bond donors (Lipinski definition) is 1. The van der Waals surface area contributed by atoms with Gasteiger partial charge in [-0.25, -0.2) is 0 Å². The van der Waals surface area contributed by atoms with E-state index in [0.717, 1.165) is 88.3 Å². The molecule has 7 heteroatoms. The van der Waals surface area contributed by atoms with Gasteiger partial charge in [0.1, 0.15) is 6.10 Å². The standard InChI is InChI=1S/C57H84N2O5/c1-16-43-33-57(40(7)39(6)51(61)44(37(4)26-31-59(14)15)32-41-19-21-42(35-58)22-20-41)30-29-56(13)46(50(57)49(43)36(2)3)24-23-45-38(5)18-25-47(53(8,9)27-17-28-55(45,56)12)64-48(60)34-54(10,11)52(62)63/h19-22,36-38,44-47H,1,17-18,23-34H2,2-15H3,(H,62,63). The zero-order valence-electron chi connectivity index (χ0n) is 42.4. The van der Waals surface area contributed by atoms with Gasteiger partial charge in [-0.3, -0.25) is 14.4 Å². The summed E-state index contributed by atoms with van der Waals surface area (Å²) in [5.74, 6) is 0.455. The normalized spacial score (nSPS) is 30.8. The predicted octanol–water partition coefficient (Wildman–Crippen LogP) is 13.1. The first-order valence-electron chi connectivity index (χ1n) is 24.7. The molecule has 3 saturated carbocycles. The van der Waals surface area contributed by atoms with Gasteiger partial charge in [-0.1, -0.05) is 91.7 Å². The van der Waals surface area contributed by atoms with E-state index >= 15 is 4.79 Å². The van der Waals surface area contributed by atoms with Crippen molar-refractivity contribution in [3.05, 3.63) is 75.6 Å². The Morgan fingerprint density at radius 3 is 2.19 bits per heavy atom. The van der Waals surface area contributed by atoms with Gasteiger partial charge in [0.15, 0.2) is 5.78 Å². The van der Waals surface area contributed by atoms with Gasteiger partial charge >= 0.3 is 11.9 Å². The zero-order valence-corrected chi connectivity index (χ0v) is 42.4. The van der Waals surface area contributed by atoms with E-state index in [-0.39, 0.29) is 51.8 Å². The van der Waals surface area contributed by atoms with E-state index in [1.165, 1.54) is 16.7 Å². The third-order valence-corrected chi connectivity index (χ3v) is 18.1. The molecule has 0 bridgehead atoms. The van der Waals surface area contributed by atoms with Gasteiger partial charge < -0.3 is 14.7 Å². The number of rotatable bonds is 14. The number of ketones is 1. The minimum absolute atomic E-state index is 0.0361. The fraction of sp³-hybridized carbons (Fsp3) is 0.702. The summed E-state index contributed by atoms with van der Waals surface area (Å²) in [6, 6.07) is 10.0. The van der Waals surface area contributed by atoms with Crippen molar-refractivity contribution in [3.63, 3.8) is 0 Å². The van der Waals surface area contributed by atoms with E-state index < -0.39 is 17.4 Å². The van der Waals surface area contributed by atoms with E-state index in [9.17, 15) is 20.0 Å². The van der Waals surface area contributed by atoms with Crippen LogP contribution in [-0.2, 0) is 25.5 Å². The number of carbonyl (C=O) groups is 3. The van der Waals surface area contributed by atoms with Crippen molar-refractivity contribution in [2.45, 2.75) is 173 Å². The van der Waals surface area contributed by atoms with Crippen LogP contribution in [0, 0.1) is 73.9 Å². The first kappa shape index (κ1) is 51.3. The van der Waals surface area contributed by atoms with Crippen molar-refractivity contribution in [2.75, 3.05) is 20.6 Å². The molecule has 0 aromatic heterocycles. The van der Waals surface area contributed by atoms with Crippen molar-refractivity contribution < 1.29 is 24.2 Å². The molecular weight excluding hydrogens is 793 g/mol. The highest BCUT2D eigenvalue weighted by atomic mass is 16.5. The van der Waals surface area contributed by atoms with Gasteiger partial charge in [-0.05, 0) is 194 Å². The number of ether oxygens (including phenoxy) is 1. The Kier molecular flexibility index (Phi) is 15.7. The van der Waals surface area contributed by atoms with E-state index in [1.807, 2.05) is 24.3 Å². The SMILES string of the molecule is C=C=C1CC2(C(C)=C(C)C(=O)C(Cc3ccc(C#N)cc3)C(C)CCN(C)C)CCC3(C)C(CCC4C(C)CCC(OC(=O)CC(C)(C)C(=O)O)C(C)(C)CCCC43C)C2=C1C(C)C. The second kappa shape index (κ2) is 19.6. The van der Waals surface area contributed by atoms with E-state index in [0.29, 0.717) is 35.7 Å². The first-order valence-corrected chi connectivity index (χ1v) is 24.7. The molecule has 9 unspecified atom stereocenters. The monoisotopic (exact) mass is 877 g/mol. The van der Waals surface area contributed by atoms with Gasteiger partial charge in [0.05, 0.1) is 23.5 Å². The third kappa shape index (κ3) is 9.86. The number of hydrogen-bond acceptors (Lipinski definition) is 6. The summed E-state index contributed by atoms with van der Waals surface area (Å²) in [5.41, 5.74) is 10.0. The Morgan fingerprint density at radius 2 is 1.61 bits per heavy atom. The molecule has 0 aliphatic heterocycles. The lowest BCUT2D eigenvalue weighted by molar-refractivity contribution is -0.166. The maximum absolute atomic E-state index is 15.2. The van der Waals surface area contributed by atoms with Crippen LogP contribution < -0.4 is 0 Å². The number of aliphatic carboxylic acids is 1. The summed E-state index contributed by atoms with van der Waals surface area (Å²) in [7, 11) is 4.19. The smallest absolute Gasteiger partial charge is 0.309 e.